The molecule has 0 bridgehead atoms. The summed E-state index contributed by atoms with van der Waals surface area (Å²) in [5, 5.41) is 5.62. The second-order valence-electron chi connectivity index (χ2n) is 2.82. The first-order valence-electron chi connectivity index (χ1n) is 4.05. The Hall–Kier alpha value is -1.56. The Kier molecular flexibility index (Phi) is 1.90. The third-order valence-corrected chi connectivity index (χ3v) is 1.96. The van der Waals surface area contributed by atoms with Crippen molar-refractivity contribution in [2.75, 3.05) is 13.1 Å². The Morgan fingerprint density at radius 2 is 2.23 bits per heavy atom. The summed E-state index contributed by atoms with van der Waals surface area (Å²) in [6.07, 6.45) is 2.48. The first-order valence-corrected chi connectivity index (χ1v) is 4.05. The fourth-order valence-corrected chi connectivity index (χ4v) is 1.34. The van der Waals surface area contributed by atoms with Gasteiger partial charge >= 0.3 is 5.69 Å². The molecule has 13 heavy (non-hydrogen) atoms. The van der Waals surface area contributed by atoms with Gasteiger partial charge in [0.15, 0.2) is 6.17 Å². The standard InChI is InChI=1S/C7H10N4O2/c12-6-5(8-1-2-9-6)11-4-3-10-7(11)13/h3-5,8H,1-2H2,(H,9,12)(H,10,13). The SMILES string of the molecule is O=C1NCCNC1n1cc[nH]c1=O. The maximum Gasteiger partial charge on any atom is 0.327 e. The zero-order valence-corrected chi connectivity index (χ0v) is 6.91. The molecule has 0 spiro atoms. The second kappa shape index (κ2) is 3.06. The van der Waals surface area contributed by atoms with Crippen molar-refractivity contribution in [3.8, 4) is 0 Å². The van der Waals surface area contributed by atoms with E-state index in [-0.39, 0.29) is 11.6 Å². The van der Waals surface area contributed by atoms with Crippen molar-refractivity contribution in [2.45, 2.75) is 6.17 Å². The van der Waals surface area contributed by atoms with Crippen LogP contribution in [0.5, 0.6) is 0 Å². The van der Waals surface area contributed by atoms with Crippen LogP contribution in [0.2, 0.25) is 0 Å². The van der Waals surface area contributed by atoms with Gasteiger partial charge in [-0.25, -0.2) is 4.79 Å². The van der Waals surface area contributed by atoms with Gasteiger partial charge in [-0.05, 0) is 0 Å². The van der Waals surface area contributed by atoms with Gasteiger partial charge in [-0.3, -0.25) is 14.7 Å². The third-order valence-electron chi connectivity index (χ3n) is 1.96. The first kappa shape index (κ1) is 8.06. The summed E-state index contributed by atoms with van der Waals surface area (Å²) in [4.78, 5) is 24.9. The lowest BCUT2D eigenvalue weighted by Crippen LogP contribution is -2.51. The van der Waals surface area contributed by atoms with E-state index in [1.54, 1.807) is 6.20 Å². The van der Waals surface area contributed by atoms with Gasteiger partial charge in [0.25, 0.3) is 5.91 Å². The minimum absolute atomic E-state index is 0.173. The normalized spacial score (nSPS) is 22.8. The molecule has 6 nitrogen and oxygen atoms in total. The maximum absolute atomic E-state index is 11.3. The number of aromatic amines is 1. The molecular weight excluding hydrogens is 172 g/mol. The number of carbonyl (C=O) groups excluding carboxylic acids is 1. The Labute approximate surface area is 73.9 Å². The molecule has 70 valence electrons. The number of nitrogens with zero attached hydrogens (tertiary/aromatic N) is 1. The van der Waals surface area contributed by atoms with Crippen molar-refractivity contribution in [3.05, 3.63) is 22.9 Å². The fourth-order valence-electron chi connectivity index (χ4n) is 1.34. The fraction of sp³-hybridized carbons (Fsp3) is 0.429. The van der Waals surface area contributed by atoms with Gasteiger partial charge in [-0.15, -0.1) is 0 Å². The lowest BCUT2D eigenvalue weighted by Gasteiger charge is -2.23. The summed E-state index contributed by atoms with van der Waals surface area (Å²) in [6, 6.07) is 0. The lowest BCUT2D eigenvalue weighted by atomic mass is 10.3. The number of hydrogen-bond donors (Lipinski definition) is 3. The average Bonchev–Trinajstić information content (AvgIpc) is 2.52. The van der Waals surface area contributed by atoms with Crippen LogP contribution >= 0.6 is 0 Å². The van der Waals surface area contributed by atoms with Gasteiger partial charge in [-0.2, -0.15) is 0 Å². The highest BCUT2D eigenvalue weighted by atomic mass is 16.2. The highest BCUT2D eigenvalue weighted by Gasteiger charge is 2.23. The molecule has 6 heteroatoms. The molecule has 0 saturated carbocycles. The summed E-state index contributed by atoms with van der Waals surface area (Å²) in [6.45, 7) is 1.28. The quantitative estimate of drug-likeness (QED) is 0.489. The zero-order chi connectivity index (χ0) is 9.26. The Morgan fingerprint density at radius 3 is 2.85 bits per heavy atom. The number of rotatable bonds is 1. The van der Waals surface area contributed by atoms with E-state index in [4.69, 9.17) is 0 Å². The van der Waals surface area contributed by atoms with Crippen LogP contribution < -0.4 is 16.3 Å². The summed E-state index contributed by atoms with van der Waals surface area (Å²) < 4.78 is 1.33. The van der Waals surface area contributed by atoms with Crippen LogP contribution in [0, 0.1) is 0 Å². The van der Waals surface area contributed by atoms with Crippen LogP contribution in [0.3, 0.4) is 0 Å². The van der Waals surface area contributed by atoms with Crippen LogP contribution in [0.4, 0.5) is 0 Å². The summed E-state index contributed by atoms with van der Waals surface area (Å²) in [5.41, 5.74) is -0.283. The highest BCUT2D eigenvalue weighted by molar-refractivity contribution is 5.80. The van der Waals surface area contributed by atoms with Crippen LogP contribution in [-0.2, 0) is 4.79 Å². The lowest BCUT2D eigenvalue weighted by molar-refractivity contribution is -0.126. The van der Waals surface area contributed by atoms with E-state index in [1.165, 1.54) is 10.8 Å². The minimum atomic E-state index is -0.576. The van der Waals surface area contributed by atoms with Crippen LogP contribution in [0.1, 0.15) is 6.17 Å². The predicted molar refractivity (Wildman–Crippen MR) is 45.1 cm³/mol. The average molecular weight is 182 g/mol. The van der Waals surface area contributed by atoms with E-state index in [1.807, 2.05) is 0 Å². The smallest absolute Gasteiger partial charge is 0.327 e. The summed E-state index contributed by atoms with van der Waals surface area (Å²) in [5.74, 6) is -0.173. The molecule has 0 aliphatic carbocycles. The molecule has 3 N–H and O–H groups in total. The summed E-state index contributed by atoms with van der Waals surface area (Å²) in [7, 11) is 0. The van der Waals surface area contributed by atoms with Crippen molar-refractivity contribution in [1.82, 2.24) is 20.2 Å². The number of H-pyrrole nitrogens is 1. The van der Waals surface area contributed by atoms with E-state index >= 15 is 0 Å². The Bertz CT molecular complexity index is 367. The van der Waals surface area contributed by atoms with Crippen LogP contribution in [0.15, 0.2) is 17.2 Å². The van der Waals surface area contributed by atoms with Crippen LogP contribution in [-0.4, -0.2) is 28.5 Å². The number of aromatic nitrogens is 2. The third kappa shape index (κ3) is 1.35. The van der Waals surface area contributed by atoms with Gasteiger partial charge in [0.2, 0.25) is 0 Å². The molecule has 1 aromatic rings. The molecule has 1 fully saturated rings. The largest absolute Gasteiger partial charge is 0.352 e. The van der Waals surface area contributed by atoms with Crippen molar-refractivity contribution in [2.24, 2.45) is 0 Å². The Morgan fingerprint density at radius 1 is 1.38 bits per heavy atom. The molecular formula is C7H10N4O2. The minimum Gasteiger partial charge on any atom is -0.352 e. The van der Waals surface area contributed by atoms with Gasteiger partial charge in [0.1, 0.15) is 0 Å². The van der Waals surface area contributed by atoms with Gasteiger partial charge < -0.3 is 10.3 Å². The molecule has 1 aromatic heterocycles. The molecule has 1 aliphatic heterocycles. The number of imidazole rings is 1. The van der Waals surface area contributed by atoms with Crippen molar-refractivity contribution in [1.29, 1.82) is 0 Å². The molecule has 1 saturated heterocycles. The second-order valence-corrected chi connectivity index (χ2v) is 2.82. The molecule has 1 unspecified atom stereocenters. The van der Waals surface area contributed by atoms with E-state index in [0.29, 0.717) is 13.1 Å². The molecule has 2 rings (SSSR count). The molecule has 1 aliphatic rings. The first-order chi connectivity index (χ1) is 6.29. The number of piperazine rings is 1. The van der Waals surface area contributed by atoms with Gasteiger partial charge in [-0.1, -0.05) is 0 Å². The van der Waals surface area contributed by atoms with E-state index in [9.17, 15) is 9.59 Å². The molecule has 2 heterocycles. The molecule has 1 amide bonds. The van der Waals surface area contributed by atoms with E-state index < -0.39 is 6.17 Å². The van der Waals surface area contributed by atoms with Gasteiger partial charge in [0.05, 0.1) is 0 Å². The number of carbonyl (C=O) groups is 1. The monoisotopic (exact) mass is 182 g/mol. The van der Waals surface area contributed by atoms with Crippen molar-refractivity contribution in [3.63, 3.8) is 0 Å². The number of nitrogens with one attached hydrogen (secondary N) is 3. The van der Waals surface area contributed by atoms with Crippen molar-refractivity contribution >= 4 is 5.91 Å². The zero-order valence-electron chi connectivity index (χ0n) is 6.91. The Balaban J connectivity index is 2.29. The number of hydrogen-bond acceptors (Lipinski definition) is 3. The predicted octanol–water partition coefficient (Wildman–Crippen LogP) is -1.61. The van der Waals surface area contributed by atoms with Gasteiger partial charge in [0, 0.05) is 25.5 Å². The molecule has 0 aromatic carbocycles. The molecule has 1 atom stereocenters. The topological polar surface area (TPSA) is 78.9 Å². The van der Waals surface area contributed by atoms with Crippen molar-refractivity contribution < 1.29 is 4.79 Å². The number of amides is 1. The van der Waals surface area contributed by atoms with E-state index in [2.05, 4.69) is 15.6 Å². The highest BCUT2D eigenvalue weighted by Crippen LogP contribution is 2.00. The van der Waals surface area contributed by atoms with E-state index in [0.717, 1.165) is 0 Å². The molecule has 0 radical (unpaired) electrons. The van der Waals surface area contributed by atoms with Crippen LogP contribution in [0.25, 0.3) is 0 Å². The maximum atomic E-state index is 11.3. The summed E-state index contributed by atoms with van der Waals surface area (Å²) >= 11 is 0.